The summed E-state index contributed by atoms with van der Waals surface area (Å²) < 4.78 is 0. The molecule has 1 aromatic rings. The summed E-state index contributed by atoms with van der Waals surface area (Å²) in [6, 6.07) is 0. The first-order valence-corrected chi connectivity index (χ1v) is 5.16. The molecule has 2 N–H and O–H groups in total. The number of nitrogens with two attached hydrogens (primary N) is 1. The Labute approximate surface area is 95.5 Å². The minimum Gasteiger partial charge on any atom is -0.394 e. The van der Waals surface area contributed by atoms with E-state index < -0.39 is 0 Å². The van der Waals surface area contributed by atoms with Gasteiger partial charge in [0, 0.05) is 13.6 Å². The van der Waals surface area contributed by atoms with Crippen LogP contribution in [0.1, 0.15) is 20.8 Å². The largest absolute Gasteiger partial charge is 0.394 e. The maximum Gasteiger partial charge on any atom is 0.224 e. The number of hydrogen-bond acceptors (Lipinski definition) is 4. The highest BCUT2D eigenvalue weighted by Gasteiger charge is 2.16. The summed E-state index contributed by atoms with van der Waals surface area (Å²) in [5.41, 5.74) is 6.51. The fourth-order valence-corrected chi connectivity index (χ4v) is 1.58. The molecule has 84 valence electrons. The molecule has 0 aliphatic carbocycles. The van der Waals surface area contributed by atoms with Crippen LogP contribution in [0.5, 0.6) is 0 Å². The molecule has 5 heteroatoms. The van der Waals surface area contributed by atoms with Gasteiger partial charge in [0.2, 0.25) is 5.28 Å². The molecular formula is C10H17ClN4. The lowest BCUT2D eigenvalue weighted by molar-refractivity contribution is 0.418. The lowest BCUT2D eigenvalue weighted by Crippen LogP contribution is -2.30. The monoisotopic (exact) mass is 228 g/mol. The summed E-state index contributed by atoms with van der Waals surface area (Å²) in [6.45, 7) is 7.32. The van der Waals surface area contributed by atoms with Gasteiger partial charge in [0.05, 0.1) is 11.9 Å². The normalized spacial score (nSPS) is 11.5. The molecule has 0 aromatic carbocycles. The molecule has 0 aliphatic heterocycles. The molecule has 15 heavy (non-hydrogen) atoms. The maximum atomic E-state index is 5.78. The van der Waals surface area contributed by atoms with Crippen molar-refractivity contribution in [2.75, 3.05) is 24.2 Å². The second kappa shape index (κ2) is 4.23. The third-order valence-corrected chi connectivity index (χ3v) is 2.02. The van der Waals surface area contributed by atoms with Crippen LogP contribution in [0.25, 0.3) is 0 Å². The number of hydrogen-bond donors (Lipinski definition) is 1. The summed E-state index contributed by atoms with van der Waals surface area (Å²) in [4.78, 5) is 9.92. The van der Waals surface area contributed by atoms with Gasteiger partial charge in [-0.05, 0) is 17.0 Å². The molecule has 0 atom stereocenters. The number of nitrogen functional groups attached to an aromatic ring is 1. The van der Waals surface area contributed by atoms with E-state index in [1.54, 1.807) is 0 Å². The molecule has 0 aliphatic rings. The van der Waals surface area contributed by atoms with Crippen molar-refractivity contribution in [2.24, 2.45) is 5.41 Å². The van der Waals surface area contributed by atoms with Gasteiger partial charge in [0.25, 0.3) is 0 Å². The van der Waals surface area contributed by atoms with Crippen molar-refractivity contribution in [1.29, 1.82) is 0 Å². The lowest BCUT2D eigenvalue weighted by Gasteiger charge is -2.27. The zero-order valence-corrected chi connectivity index (χ0v) is 10.3. The Morgan fingerprint density at radius 1 is 1.47 bits per heavy atom. The zero-order valence-electron chi connectivity index (χ0n) is 9.58. The van der Waals surface area contributed by atoms with E-state index in [0.29, 0.717) is 11.5 Å². The number of nitrogens with zero attached hydrogens (tertiary/aromatic N) is 3. The van der Waals surface area contributed by atoms with Gasteiger partial charge in [-0.3, -0.25) is 0 Å². The van der Waals surface area contributed by atoms with Crippen LogP contribution in [0.4, 0.5) is 11.5 Å². The standard InChI is InChI=1S/C10H17ClN4/c1-10(2,3)6-15(4)8-7(12)5-13-9(11)14-8/h5H,6,12H2,1-4H3. The molecule has 0 saturated heterocycles. The van der Waals surface area contributed by atoms with Crippen LogP contribution in [0, 0.1) is 5.41 Å². The van der Waals surface area contributed by atoms with Crippen molar-refractivity contribution < 1.29 is 0 Å². The van der Waals surface area contributed by atoms with Crippen LogP contribution in [0.15, 0.2) is 6.20 Å². The highest BCUT2D eigenvalue weighted by Crippen LogP contribution is 2.23. The van der Waals surface area contributed by atoms with Gasteiger partial charge in [-0.1, -0.05) is 20.8 Å². The van der Waals surface area contributed by atoms with Gasteiger partial charge in [0.15, 0.2) is 5.82 Å². The van der Waals surface area contributed by atoms with E-state index in [-0.39, 0.29) is 10.7 Å². The number of rotatable bonds is 2. The molecule has 0 saturated carbocycles. The van der Waals surface area contributed by atoms with Crippen molar-refractivity contribution in [3.63, 3.8) is 0 Å². The minimum absolute atomic E-state index is 0.179. The van der Waals surface area contributed by atoms with Crippen molar-refractivity contribution in [3.8, 4) is 0 Å². The predicted molar refractivity (Wildman–Crippen MR) is 64.2 cm³/mol. The van der Waals surface area contributed by atoms with Crippen LogP contribution in [-0.4, -0.2) is 23.6 Å². The fourth-order valence-electron chi connectivity index (χ4n) is 1.45. The highest BCUT2D eigenvalue weighted by molar-refractivity contribution is 6.28. The van der Waals surface area contributed by atoms with E-state index in [2.05, 4.69) is 30.7 Å². The summed E-state index contributed by atoms with van der Waals surface area (Å²) in [7, 11) is 1.94. The third kappa shape index (κ3) is 3.55. The van der Waals surface area contributed by atoms with Gasteiger partial charge in [-0.25, -0.2) is 4.98 Å². The molecular weight excluding hydrogens is 212 g/mol. The molecule has 0 spiro atoms. The molecule has 1 aromatic heterocycles. The van der Waals surface area contributed by atoms with Crippen LogP contribution >= 0.6 is 11.6 Å². The Kier molecular flexibility index (Phi) is 3.39. The smallest absolute Gasteiger partial charge is 0.224 e. The van der Waals surface area contributed by atoms with Crippen LogP contribution in [0.2, 0.25) is 5.28 Å². The molecule has 0 amide bonds. The molecule has 1 heterocycles. The number of halogens is 1. The molecule has 1 rings (SSSR count). The van der Waals surface area contributed by atoms with E-state index in [1.165, 1.54) is 6.20 Å². The van der Waals surface area contributed by atoms with E-state index in [9.17, 15) is 0 Å². The van der Waals surface area contributed by atoms with Gasteiger partial charge < -0.3 is 10.6 Å². The first-order valence-electron chi connectivity index (χ1n) is 4.79. The average molecular weight is 229 g/mol. The van der Waals surface area contributed by atoms with Crippen molar-refractivity contribution in [3.05, 3.63) is 11.5 Å². The fraction of sp³-hybridized carbons (Fsp3) is 0.600. The molecule has 4 nitrogen and oxygen atoms in total. The van der Waals surface area contributed by atoms with Gasteiger partial charge in [-0.15, -0.1) is 0 Å². The predicted octanol–water partition coefficient (Wildman–Crippen LogP) is 2.19. The summed E-state index contributed by atoms with van der Waals surface area (Å²) in [6.07, 6.45) is 1.53. The summed E-state index contributed by atoms with van der Waals surface area (Å²) >= 11 is 5.73. The number of aromatic nitrogens is 2. The van der Waals surface area contributed by atoms with Crippen LogP contribution < -0.4 is 10.6 Å². The Balaban J connectivity index is 2.90. The number of anilines is 2. The van der Waals surface area contributed by atoms with Crippen molar-refractivity contribution in [2.45, 2.75) is 20.8 Å². The highest BCUT2D eigenvalue weighted by atomic mass is 35.5. The summed E-state index contributed by atoms with van der Waals surface area (Å²) in [5.74, 6) is 0.685. The summed E-state index contributed by atoms with van der Waals surface area (Å²) in [5, 5.41) is 0.222. The van der Waals surface area contributed by atoms with Crippen molar-refractivity contribution >= 4 is 23.1 Å². The first-order chi connectivity index (χ1) is 6.79. The van der Waals surface area contributed by atoms with E-state index in [4.69, 9.17) is 17.3 Å². The van der Waals surface area contributed by atoms with Gasteiger partial charge in [0.1, 0.15) is 0 Å². The van der Waals surface area contributed by atoms with Crippen LogP contribution in [0.3, 0.4) is 0 Å². The first kappa shape index (κ1) is 12.0. The lowest BCUT2D eigenvalue weighted by atomic mass is 9.96. The average Bonchev–Trinajstić information content (AvgIpc) is 2.06. The Bertz CT molecular complexity index is 346. The van der Waals surface area contributed by atoms with Gasteiger partial charge >= 0.3 is 0 Å². The van der Waals surface area contributed by atoms with E-state index in [1.807, 2.05) is 11.9 Å². The van der Waals surface area contributed by atoms with E-state index >= 15 is 0 Å². The molecule has 0 unspecified atom stereocenters. The second-order valence-electron chi connectivity index (χ2n) is 4.83. The molecule has 0 fully saturated rings. The topological polar surface area (TPSA) is 55.0 Å². The quantitative estimate of drug-likeness (QED) is 0.789. The van der Waals surface area contributed by atoms with E-state index in [0.717, 1.165) is 6.54 Å². The zero-order chi connectivity index (χ0) is 11.6. The second-order valence-corrected chi connectivity index (χ2v) is 5.17. The Morgan fingerprint density at radius 3 is 2.60 bits per heavy atom. The van der Waals surface area contributed by atoms with Crippen molar-refractivity contribution in [1.82, 2.24) is 9.97 Å². The maximum absolute atomic E-state index is 5.78. The minimum atomic E-state index is 0.179. The van der Waals surface area contributed by atoms with Gasteiger partial charge in [-0.2, -0.15) is 4.98 Å². The third-order valence-electron chi connectivity index (χ3n) is 1.84. The van der Waals surface area contributed by atoms with Crippen LogP contribution in [-0.2, 0) is 0 Å². The Morgan fingerprint density at radius 2 is 2.07 bits per heavy atom. The Hall–Kier alpha value is -1.03. The SMILES string of the molecule is CN(CC(C)(C)C)c1nc(Cl)ncc1N. The molecule has 0 radical (unpaired) electrons. The molecule has 0 bridgehead atoms.